The van der Waals surface area contributed by atoms with Gasteiger partial charge in [-0.3, -0.25) is 0 Å². The predicted octanol–water partition coefficient (Wildman–Crippen LogP) is 4.32. The number of hydrogen-bond acceptors (Lipinski definition) is 5. The molecule has 0 amide bonds. The highest BCUT2D eigenvalue weighted by Crippen LogP contribution is 2.30. The Labute approximate surface area is 164 Å². The number of rotatable bonds is 5. The number of nitriles is 1. The lowest BCUT2D eigenvalue weighted by Crippen LogP contribution is -2.47. The zero-order valence-corrected chi connectivity index (χ0v) is 16.2. The molecule has 0 saturated carbocycles. The Hall–Kier alpha value is -2.68. The summed E-state index contributed by atoms with van der Waals surface area (Å²) >= 11 is 6.28. The molecule has 1 atom stereocenters. The summed E-state index contributed by atoms with van der Waals surface area (Å²) in [7, 11) is 0. The molecule has 0 saturated heterocycles. The van der Waals surface area contributed by atoms with Crippen molar-refractivity contribution in [3.05, 3.63) is 64.2 Å². The van der Waals surface area contributed by atoms with Crippen LogP contribution in [0, 0.1) is 18.3 Å². The highest BCUT2D eigenvalue weighted by Gasteiger charge is 2.34. The number of anilines is 1. The van der Waals surface area contributed by atoms with Crippen molar-refractivity contribution in [1.82, 2.24) is 0 Å². The minimum Gasteiger partial charge on any atom is -0.388 e. The molecule has 2 aromatic rings. The number of nitrogens with zero attached hydrogens (tertiary/aromatic N) is 3. The van der Waals surface area contributed by atoms with E-state index in [0.717, 1.165) is 28.2 Å². The minimum atomic E-state index is -1.08. The molecule has 2 aromatic carbocycles. The lowest BCUT2D eigenvalue weighted by molar-refractivity contribution is 0.0783. The van der Waals surface area contributed by atoms with Crippen molar-refractivity contribution >= 4 is 28.7 Å². The Bertz CT molecular complexity index is 953. The molecule has 138 valence electrons. The molecule has 2 N–H and O–H groups in total. The molecule has 1 aliphatic rings. The van der Waals surface area contributed by atoms with Crippen LogP contribution < -0.4 is 5.32 Å². The molecule has 0 fully saturated rings. The van der Waals surface area contributed by atoms with Crippen LogP contribution in [-0.2, 0) is 0 Å². The summed E-state index contributed by atoms with van der Waals surface area (Å²) in [5.41, 5.74) is 3.50. The van der Waals surface area contributed by atoms with Crippen molar-refractivity contribution in [3.63, 3.8) is 0 Å². The Morgan fingerprint density at radius 2 is 1.89 bits per heavy atom. The van der Waals surface area contributed by atoms with Gasteiger partial charge in [-0.2, -0.15) is 15.5 Å². The molecule has 3 rings (SSSR count). The van der Waals surface area contributed by atoms with E-state index in [1.807, 2.05) is 37.3 Å². The standard InChI is InChI=1S/C21H21ClN4O/c1-13-16(10-9-15(12-23)19(13)22)24-20(21(2,3)27)18-11-17(25-26-18)14-7-5-4-6-8-14/h4-10,20,24,27H,11H2,1-3H3/t20-/m0/s1. The van der Waals surface area contributed by atoms with Crippen LogP contribution in [-0.4, -0.2) is 28.2 Å². The van der Waals surface area contributed by atoms with E-state index in [9.17, 15) is 5.11 Å². The van der Waals surface area contributed by atoms with Crippen molar-refractivity contribution < 1.29 is 5.11 Å². The van der Waals surface area contributed by atoms with Crippen molar-refractivity contribution in [1.29, 1.82) is 5.26 Å². The Kier molecular flexibility index (Phi) is 5.31. The first-order valence-corrected chi connectivity index (χ1v) is 9.06. The molecule has 27 heavy (non-hydrogen) atoms. The number of hydrogen-bond donors (Lipinski definition) is 2. The Morgan fingerprint density at radius 3 is 2.52 bits per heavy atom. The summed E-state index contributed by atoms with van der Waals surface area (Å²) in [6, 6.07) is 15.0. The molecule has 0 aromatic heterocycles. The largest absolute Gasteiger partial charge is 0.388 e. The first kappa shape index (κ1) is 19.1. The van der Waals surface area contributed by atoms with Crippen molar-refractivity contribution in [2.24, 2.45) is 10.2 Å². The van der Waals surface area contributed by atoms with Crippen LogP contribution in [0.15, 0.2) is 52.7 Å². The molecule has 0 unspecified atom stereocenters. The smallest absolute Gasteiger partial charge is 0.101 e. The van der Waals surface area contributed by atoms with Gasteiger partial charge >= 0.3 is 0 Å². The molecule has 1 heterocycles. The van der Waals surface area contributed by atoms with Gasteiger partial charge in [0, 0.05) is 12.1 Å². The molecular weight excluding hydrogens is 360 g/mol. The number of halogens is 1. The van der Waals surface area contributed by atoms with Gasteiger partial charge in [-0.05, 0) is 44.0 Å². The zero-order chi connectivity index (χ0) is 19.6. The Morgan fingerprint density at radius 1 is 1.19 bits per heavy atom. The van der Waals surface area contributed by atoms with Gasteiger partial charge in [-0.1, -0.05) is 41.9 Å². The lowest BCUT2D eigenvalue weighted by atomic mass is 9.90. The molecule has 0 aliphatic carbocycles. The molecule has 0 radical (unpaired) electrons. The molecule has 5 nitrogen and oxygen atoms in total. The van der Waals surface area contributed by atoms with E-state index >= 15 is 0 Å². The van der Waals surface area contributed by atoms with E-state index in [4.69, 9.17) is 16.9 Å². The Balaban J connectivity index is 1.86. The van der Waals surface area contributed by atoms with Crippen LogP contribution in [0.2, 0.25) is 5.02 Å². The fourth-order valence-corrected chi connectivity index (χ4v) is 3.27. The summed E-state index contributed by atoms with van der Waals surface area (Å²) in [4.78, 5) is 0. The maximum absolute atomic E-state index is 10.7. The fourth-order valence-electron chi connectivity index (χ4n) is 3.07. The predicted molar refractivity (Wildman–Crippen MR) is 110 cm³/mol. The SMILES string of the molecule is Cc1c(N[C@@H](C2=NN=C(c3ccccc3)C2)C(C)(C)O)ccc(C#N)c1Cl. The van der Waals surface area contributed by atoms with E-state index in [2.05, 4.69) is 21.6 Å². The van der Waals surface area contributed by atoms with Crippen LogP contribution in [0.25, 0.3) is 0 Å². The monoisotopic (exact) mass is 380 g/mol. The second kappa shape index (κ2) is 7.51. The van der Waals surface area contributed by atoms with E-state index in [0.29, 0.717) is 17.0 Å². The second-order valence-electron chi connectivity index (χ2n) is 7.12. The summed E-state index contributed by atoms with van der Waals surface area (Å²) in [5.74, 6) is 0. The zero-order valence-electron chi connectivity index (χ0n) is 15.5. The van der Waals surface area contributed by atoms with Crippen LogP contribution in [0.4, 0.5) is 5.69 Å². The van der Waals surface area contributed by atoms with E-state index < -0.39 is 11.6 Å². The summed E-state index contributed by atoms with van der Waals surface area (Å²) in [5, 5.41) is 32.3. The molecule has 0 bridgehead atoms. The summed E-state index contributed by atoms with van der Waals surface area (Å²) in [6.45, 7) is 5.30. The molecule has 0 spiro atoms. The summed E-state index contributed by atoms with van der Waals surface area (Å²) in [6.07, 6.45) is 0.550. The minimum absolute atomic E-state index is 0.409. The van der Waals surface area contributed by atoms with Gasteiger partial charge < -0.3 is 10.4 Å². The maximum Gasteiger partial charge on any atom is 0.101 e. The first-order chi connectivity index (χ1) is 12.8. The normalized spacial score (nSPS) is 15.0. The quantitative estimate of drug-likeness (QED) is 0.810. The average Bonchev–Trinajstić information content (AvgIpc) is 3.12. The van der Waals surface area contributed by atoms with Crippen molar-refractivity contribution in [2.75, 3.05) is 5.32 Å². The van der Waals surface area contributed by atoms with Crippen LogP contribution in [0.3, 0.4) is 0 Å². The first-order valence-electron chi connectivity index (χ1n) is 8.68. The third-order valence-electron chi connectivity index (χ3n) is 4.60. The lowest BCUT2D eigenvalue weighted by Gasteiger charge is -2.31. The van der Waals surface area contributed by atoms with Crippen LogP contribution in [0.1, 0.15) is 37.0 Å². The van der Waals surface area contributed by atoms with Gasteiger partial charge in [-0.25, -0.2) is 0 Å². The van der Waals surface area contributed by atoms with Crippen molar-refractivity contribution in [3.8, 4) is 6.07 Å². The van der Waals surface area contributed by atoms with E-state index in [1.54, 1.807) is 26.0 Å². The molecule has 6 heteroatoms. The topological polar surface area (TPSA) is 80.8 Å². The van der Waals surface area contributed by atoms with Gasteiger partial charge in [-0.15, -0.1) is 0 Å². The van der Waals surface area contributed by atoms with E-state index in [1.165, 1.54) is 0 Å². The molecular formula is C21H21ClN4O. The number of aliphatic hydroxyl groups is 1. The van der Waals surface area contributed by atoms with E-state index in [-0.39, 0.29) is 0 Å². The average molecular weight is 381 g/mol. The molecule has 1 aliphatic heterocycles. The third-order valence-corrected chi connectivity index (χ3v) is 5.09. The number of benzene rings is 2. The van der Waals surface area contributed by atoms with Crippen molar-refractivity contribution in [2.45, 2.75) is 38.8 Å². The number of nitrogens with one attached hydrogen (secondary N) is 1. The third kappa shape index (κ3) is 4.02. The van der Waals surface area contributed by atoms with Gasteiger partial charge in [0.2, 0.25) is 0 Å². The van der Waals surface area contributed by atoms with Crippen LogP contribution >= 0.6 is 11.6 Å². The summed E-state index contributed by atoms with van der Waals surface area (Å²) < 4.78 is 0. The van der Waals surface area contributed by atoms with Gasteiger partial charge in [0.25, 0.3) is 0 Å². The fraction of sp³-hybridized carbons (Fsp3) is 0.286. The van der Waals surface area contributed by atoms with Crippen LogP contribution in [0.5, 0.6) is 0 Å². The second-order valence-corrected chi connectivity index (χ2v) is 7.50. The highest BCUT2D eigenvalue weighted by molar-refractivity contribution is 6.33. The van der Waals surface area contributed by atoms with Gasteiger partial charge in [0.15, 0.2) is 0 Å². The van der Waals surface area contributed by atoms with Gasteiger partial charge in [0.05, 0.1) is 33.7 Å². The van der Waals surface area contributed by atoms with Gasteiger partial charge in [0.1, 0.15) is 6.07 Å². The highest BCUT2D eigenvalue weighted by atomic mass is 35.5. The maximum atomic E-state index is 10.7.